The number of aliphatic imine (C=N–C) groups is 1. The molecule has 0 saturated heterocycles. The molecular formula is C20H19NO6. The Labute approximate surface area is 156 Å². The summed E-state index contributed by atoms with van der Waals surface area (Å²) in [6.45, 7) is 5.52. The van der Waals surface area contributed by atoms with Crippen molar-refractivity contribution in [1.82, 2.24) is 0 Å². The first-order valence-corrected chi connectivity index (χ1v) is 8.35. The summed E-state index contributed by atoms with van der Waals surface area (Å²) in [5.41, 5.74) is 1.02. The smallest absolute Gasteiger partial charge is 0.363 e. The van der Waals surface area contributed by atoms with Gasteiger partial charge >= 0.3 is 11.9 Å². The summed E-state index contributed by atoms with van der Waals surface area (Å²) in [5.74, 6) is 0.508. The van der Waals surface area contributed by atoms with Crippen molar-refractivity contribution in [2.45, 2.75) is 26.9 Å². The molecule has 140 valence electrons. The fraction of sp³-hybridized carbons (Fsp3) is 0.250. The molecule has 0 spiro atoms. The van der Waals surface area contributed by atoms with E-state index in [1.165, 1.54) is 19.3 Å². The highest BCUT2D eigenvalue weighted by Crippen LogP contribution is 2.23. The quantitative estimate of drug-likeness (QED) is 0.592. The molecule has 1 aromatic heterocycles. The topological polar surface area (TPSA) is 87.3 Å². The van der Waals surface area contributed by atoms with Crippen LogP contribution in [0.5, 0.6) is 5.75 Å². The molecule has 27 heavy (non-hydrogen) atoms. The summed E-state index contributed by atoms with van der Waals surface area (Å²) in [6.07, 6.45) is 1.49. The third-order valence-corrected chi connectivity index (χ3v) is 3.71. The van der Waals surface area contributed by atoms with Crippen LogP contribution in [0.15, 0.2) is 45.4 Å². The van der Waals surface area contributed by atoms with Gasteiger partial charge in [0.15, 0.2) is 5.70 Å². The summed E-state index contributed by atoms with van der Waals surface area (Å²) in [4.78, 5) is 28.0. The number of esters is 2. The second kappa shape index (κ2) is 7.49. The standard InChI is InChI=1S/C20H19NO6/c1-11(2)25-14-7-5-13(6-8-14)18-21-17(20(23)27-18)10-15-9-16(12(3)26-15)19(22)24-4/h5-11H,1-4H3/b17-10-. The molecule has 0 unspecified atom stereocenters. The molecule has 0 saturated carbocycles. The first-order chi connectivity index (χ1) is 12.9. The average Bonchev–Trinajstić information content (AvgIpc) is 3.17. The first kappa shape index (κ1) is 18.4. The van der Waals surface area contributed by atoms with Crippen molar-refractivity contribution in [3.05, 3.63) is 58.7 Å². The van der Waals surface area contributed by atoms with Crippen molar-refractivity contribution < 1.29 is 28.2 Å². The van der Waals surface area contributed by atoms with Gasteiger partial charge in [0, 0.05) is 11.6 Å². The predicted molar refractivity (Wildman–Crippen MR) is 97.6 cm³/mol. The number of methoxy groups -OCH3 is 1. The molecule has 2 heterocycles. The Balaban J connectivity index is 1.84. The second-order valence-electron chi connectivity index (χ2n) is 6.14. The van der Waals surface area contributed by atoms with Gasteiger partial charge in [0.05, 0.1) is 13.2 Å². The Kier molecular flexibility index (Phi) is 5.12. The van der Waals surface area contributed by atoms with Crippen LogP contribution in [-0.4, -0.2) is 31.1 Å². The van der Waals surface area contributed by atoms with Gasteiger partial charge in [-0.3, -0.25) is 0 Å². The number of hydrogen-bond acceptors (Lipinski definition) is 7. The number of ether oxygens (including phenoxy) is 3. The van der Waals surface area contributed by atoms with Gasteiger partial charge in [-0.15, -0.1) is 0 Å². The number of benzene rings is 1. The van der Waals surface area contributed by atoms with E-state index in [-0.39, 0.29) is 17.7 Å². The minimum absolute atomic E-state index is 0.0682. The van der Waals surface area contributed by atoms with Gasteiger partial charge in [-0.25, -0.2) is 14.6 Å². The third-order valence-electron chi connectivity index (χ3n) is 3.71. The normalized spacial score (nSPS) is 15.1. The fourth-order valence-electron chi connectivity index (χ4n) is 2.50. The molecule has 0 radical (unpaired) electrons. The van der Waals surface area contributed by atoms with E-state index in [9.17, 15) is 9.59 Å². The number of rotatable bonds is 5. The maximum Gasteiger partial charge on any atom is 0.363 e. The number of cyclic esters (lactones) is 1. The maximum atomic E-state index is 12.1. The second-order valence-corrected chi connectivity index (χ2v) is 6.14. The average molecular weight is 369 g/mol. The van der Waals surface area contributed by atoms with Crippen LogP contribution in [0.2, 0.25) is 0 Å². The molecule has 1 aliphatic rings. The zero-order valence-electron chi connectivity index (χ0n) is 15.4. The molecule has 7 nitrogen and oxygen atoms in total. The van der Waals surface area contributed by atoms with E-state index in [1.807, 2.05) is 13.8 Å². The summed E-state index contributed by atoms with van der Waals surface area (Å²) in [7, 11) is 1.29. The third kappa shape index (κ3) is 4.08. The lowest BCUT2D eigenvalue weighted by atomic mass is 10.2. The highest BCUT2D eigenvalue weighted by molar-refractivity contribution is 6.12. The van der Waals surface area contributed by atoms with Crippen molar-refractivity contribution in [1.29, 1.82) is 0 Å². The van der Waals surface area contributed by atoms with Crippen molar-refractivity contribution in [2.24, 2.45) is 4.99 Å². The maximum absolute atomic E-state index is 12.1. The molecule has 7 heteroatoms. The zero-order chi connectivity index (χ0) is 19.6. The minimum Gasteiger partial charge on any atom is -0.491 e. The Morgan fingerprint density at radius 3 is 2.56 bits per heavy atom. The lowest BCUT2D eigenvalue weighted by molar-refractivity contribution is -0.129. The number of furan rings is 1. The van der Waals surface area contributed by atoms with Crippen molar-refractivity contribution >= 4 is 23.9 Å². The van der Waals surface area contributed by atoms with Gasteiger partial charge in [0.2, 0.25) is 5.90 Å². The molecule has 0 aliphatic carbocycles. The van der Waals surface area contributed by atoms with Crippen LogP contribution in [0, 0.1) is 6.92 Å². The largest absolute Gasteiger partial charge is 0.491 e. The highest BCUT2D eigenvalue weighted by Gasteiger charge is 2.25. The van der Waals surface area contributed by atoms with E-state index in [0.29, 0.717) is 22.6 Å². The molecular weight excluding hydrogens is 350 g/mol. The van der Waals surface area contributed by atoms with Gasteiger partial charge in [0.25, 0.3) is 0 Å². The lowest BCUT2D eigenvalue weighted by Gasteiger charge is -2.09. The van der Waals surface area contributed by atoms with Gasteiger partial charge in [-0.05, 0) is 51.1 Å². The van der Waals surface area contributed by atoms with Crippen molar-refractivity contribution in [2.75, 3.05) is 7.11 Å². The first-order valence-electron chi connectivity index (χ1n) is 8.35. The Bertz CT molecular complexity index is 934. The molecule has 0 atom stereocenters. The van der Waals surface area contributed by atoms with E-state index < -0.39 is 11.9 Å². The monoisotopic (exact) mass is 369 g/mol. The van der Waals surface area contributed by atoms with Crippen LogP contribution in [-0.2, 0) is 14.3 Å². The Morgan fingerprint density at radius 2 is 1.93 bits per heavy atom. The van der Waals surface area contributed by atoms with Crippen LogP contribution in [0.1, 0.15) is 41.3 Å². The highest BCUT2D eigenvalue weighted by atomic mass is 16.6. The molecule has 0 fully saturated rings. The summed E-state index contributed by atoms with van der Waals surface area (Å²) in [6, 6.07) is 8.59. The summed E-state index contributed by atoms with van der Waals surface area (Å²) in [5, 5.41) is 0. The summed E-state index contributed by atoms with van der Waals surface area (Å²) >= 11 is 0. The molecule has 2 aromatic rings. The molecule has 3 rings (SSSR count). The van der Waals surface area contributed by atoms with E-state index >= 15 is 0 Å². The van der Waals surface area contributed by atoms with E-state index in [2.05, 4.69) is 9.73 Å². The van der Waals surface area contributed by atoms with E-state index in [1.54, 1.807) is 31.2 Å². The minimum atomic E-state index is -0.596. The van der Waals surface area contributed by atoms with Gasteiger partial charge in [-0.1, -0.05) is 0 Å². The fourth-order valence-corrected chi connectivity index (χ4v) is 2.50. The van der Waals surface area contributed by atoms with Gasteiger partial charge in [0.1, 0.15) is 22.8 Å². The molecule has 0 bridgehead atoms. The zero-order valence-corrected chi connectivity index (χ0v) is 15.4. The van der Waals surface area contributed by atoms with Crippen LogP contribution in [0.3, 0.4) is 0 Å². The molecule has 0 N–H and O–H groups in total. The van der Waals surface area contributed by atoms with Gasteiger partial charge < -0.3 is 18.6 Å². The van der Waals surface area contributed by atoms with E-state index in [4.69, 9.17) is 13.9 Å². The molecule has 1 aromatic carbocycles. The number of carbonyl (C=O) groups excluding carboxylic acids is 2. The van der Waals surface area contributed by atoms with Crippen LogP contribution >= 0.6 is 0 Å². The van der Waals surface area contributed by atoms with Gasteiger partial charge in [-0.2, -0.15) is 0 Å². The van der Waals surface area contributed by atoms with Crippen molar-refractivity contribution in [3.63, 3.8) is 0 Å². The van der Waals surface area contributed by atoms with E-state index in [0.717, 1.165) is 5.75 Å². The molecule has 1 aliphatic heterocycles. The Morgan fingerprint density at radius 1 is 1.22 bits per heavy atom. The lowest BCUT2D eigenvalue weighted by Crippen LogP contribution is -2.07. The van der Waals surface area contributed by atoms with Crippen LogP contribution in [0.4, 0.5) is 0 Å². The predicted octanol–water partition coefficient (Wildman–Crippen LogP) is 3.51. The number of nitrogens with zero attached hydrogens (tertiary/aromatic N) is 1. The molecule has 0 amide bonds. The SMILES string of the molecule is COC(=O)c1cc(/C=C2\N=C(c3ccc(OC(C)C)cc3)OC2=O)oc1C. The Hall–Kier alpha value is -3.35. The van der Waals surface area contributed by atoms with Crippen LogP contribution < -0.4 is 4.74 Å². The summed E-state index contributed by atoms with van der Waals surface area (Å²) < 4.78 is 21.0. The van der Waals surface area contributed by atoms with Crippen molar-refractivity contribution in [3.8, 4) is 5.75 Å². The number of aryl methyl sites for hydroxylation is 1. The number of hydrogen-bond donors (Lipinski definition) is 0. The van der Waals surface area contributed by atoms with Crippen LogP contribution in [0.25, 0.3) is 6.08 Å². The number of carbonyl (C=O) groups is 2.